The molecule has 1 atom stereocenters. The van der Waals surface area contributed by atoms with Crippen LogP contribution < -0.4 is 0 Å². The van der Waals surface area contributed by atoms with Gasteiger partial charge in [0.2, 0.25) is 15.9 Å². The number of likely N-dealkylation sites (N-methyl/N-ethyl adjacent to an activating group) is 1. The predicted octanol–water partition coefficient (Wildman–Crippen LogP) is 3.07. The van der Waals surface area contributed by atoms with Crippen LogP contribution in [0.25, 0.3) is 10.8 Å². The molecule has 6 nitrogen and oxygen atoms in total. The van der Waals surface area contributed by atoms with Crippen molar-refractivity contribution in [2.45, 2.75) is 44.0 Å². The maximum absolute atomic E-state index is 13.3. The highest BCUT2D eigenvalue weighted by atomic mass is 32.2. The molecule has 156 valence electrons. The van der Waals surface area contributed by atoms with Crippen molar-refractivity contribution in [3.8, 4) is 0 Å². The molecular formula is C22H28N2O4S. The van der Waals surface area contributed by atoms with Crippen LogP contribution in [0.2, 0.25) is 0 Å². The molecule has 0 aliphatic carbocycles. The highest BCUT2D eigenvalue weighted by molar-refractivity contribution is 7.89. The highest BCUT2D eigenvalue weighted by Crippen LogP contribution is 2.29. The largest absolute Gasteiger partial charge is 0.337 e. The fraction of sp³-hybridized carbons (Fsp3) is 0.455. The summed E-state index contributed by atoms with van der Waals surface area (Å²) in [7, 11) is -2.24. The third-order valence-corrected chi connectivity index (χ3v) is 7.15. The summed E-state index contributed by atoms with van der Waals surface area (Å²) in [5.41, 5.74) is 0. The molecule has 1 aliphatic heterocycles. The van der Waals surface area contributed by atoms with Gasteiger partial charge in [-0.15, -0.1) is 0 Å². The van der Waals surface area contributed by atoms with Gasteiger partial charge in [0, 0.05) is 20.0 Å². The van der Waals surface area contributed by atoms with Gasteiger partial charge < -0.3 is 4.90 Å². The Kier molecular flexibility index (Phi) is 6.39. The Labute approximate surface area is 172 Å². The predicted molar refractivity (Wildman–Crippen MR) is 113 cm³/mol. The summed E-state index contributed by atoms with van der Waals surface area (Å²) in [6.07, 6.45) is 1.49. The van der Waals surface area contributed by atoms with Gasteiger partial charge in [0.25, 0.3) is 0 Å². The fourth-order valence-electron chi connectivity index (χ4n) is 3.85. The molecule has 2 aromatic rings. The average Bonchev–Trinajstić information content (AvgIpc) is 3.16. The zero-order valence-electron chi connectivity index (χ0n) is 17.2. The molecule has 0 aromatic heterocycles. The van der Waals surface area contributed by atoms with E-state index in [2.05, 4.69) is 0 Å². The standard InChI is InChI=1S/C22H28N2O4S/c1-16(2)13-19(25)15-23(3)22(26)21-9-6-12-24(21)29(27,28)20-11-10-17-7-4-5-8-18(17)14-20/h4-5,7-8,10-11,14,16,21H,6,9,12-13,15H2,1-3H3. The lowest BCUT2D eigenvalue weighted by Crippen LogP contribution is -2.47. The van der Waals surface area contributed by atoms with Crippen molar-refractivity contribution in [1.29, 1.82) is 0 Å². The monoisotopic (exact) mass is 416 g/mol. The van der Waals surface area contributed by atoms with E-state index in [9.17, 15) is 18.0 Å². The Morgan fingerprint density at radius 2 is 1.83 bits per heavy atom. The molecule has 7 heteroatoms. The van der Waals surface area contributed by atoms with Crippen LogP contribution in [-0.2, 0) is 19.6 Å². The lowest BCUT2D eigenvalue weighted by molar-refractivity contribution is -0.136. The highest BCUT2D eigenvalue weighted by Gasteiger charge is 2.40. The Morgan fingerprint density at radius 3 is 2.52 bits per heavy atom. The van der Waals surface area contributed by atoms with Gasteiger partial charge in [0.05, 0.1) is 11.4 Å². The molecule has 0 N–H and O–H groups in total. The molecule has 1 amide bonds. The first-order valence-corrected chi connectivity index (χ1v) is 11.4. The summed E-state index contributed by atoms with van der Waals surface area (Å²) in [5, 5.41) is 1.80. The van der Waals surface area contributed by atoms with Gasteiger partial charge in [-0.3, -0.25) is 9.59 Å². The maximum Gasteiger partial charge on any atom is 0.243 e. The normalized spacial score (nSPS) is 17.7. The second-order valence-corrected chi connectivity index (χ2v) is 10.0. The van der Waals surface area contributed by atoms with Crippen molar-refractivity contribution in [2.24, 2.45) is 5.92 Å². The number of Topliss-reactive ketones (excluding diaryl/α,β-unsaturated/α-hetero) is 1. The van der Waals surface area contributed by atoms with E-state index >= 15 is 0 Å². The van der Waals surface area contributed by atoms with E-state index in [1.165, 1.54) is 9.21 Å². The molecule has 3 rings (SSSR count). The van der Waals surface area contributed by atoms with Crippen molar-refractivity contribution < 1.29 is 18.0 Å². The molecule has 0 bridgehead atoms. The van der Waals surface area contributed by atoms with Gasteiger partial charge in [0.15, 0.2) is 5.78 Å². The molecule has 0 spiro atoms. The average molecular weight is 417 g/mol. The number of carbonyl (C=O) groups excluding carboxylic acids is 2. The molecule has 1 saturated heterocycles. The molecule has 1 aliphatic rings. The van der Waals surface area contributed by atoms with Gasteiger partial charge in [0.1, 0.15) is 6.04 Å². The number of ketones is 1. The smallest absolute Gasteiger partial charge is 0.243 e. The van der Waals surface area contributed by atoms with Gasteiger partial charge >= 0.3 is 0 Å². The Hall–Kier alpha value is -2.25. The first-order chi connectivity index (χ1) is 13.7. The molecular weight excluding hydrogens is 388 g/mol. The maximum atomic E-state index is 13.3. The van der Waals surface area contributed by atoms with Crippen molar-refractivity contribution in [1.82, 2.24) is 9.21 Å². The van der Waals surface area contributed by atoms with E-state index in [0.29, 0.717) is 25.8 Å². The van der Waals surface area contributed by atoms with Crippen molar-refractivity contribution >= 4 is 32.5 Å². The molecule has 1 heterocycles. The number of amides is 1. The Balaban J connectivity index is 1.81. The number of hydrogen-bond donors (Lipinski definition) is 0. The van der Waals surface area contributed by atoms with Gasteiger partial charge in [-0.1, -0.05) is 44.2 Å². The van der Waals surface area contributed by atoms with Crippen LogP contribution in [0.3, 0.4) is 0 Å². The van der Waals surface area contributed by atoms with Crippen molar-refractivity contribution in [3.63, 3.8) is 0 Å². The molecule has 1 fully saturated rings. The Morgan fingerprint density at radius 1 is 1.14 bits per heavy atom. The van der Waals surface area contributed by atoms with Crippen LogP contribution in [-0.4, -0.2) is 55.5 Å². The van der Waals surface area contributed by atoms with Crippen LogP contribution in [0.1, 0.15) is 33.1 Å². The summed E-state index contributed by atoms with van der Waals surface area (Å²) in [4.78, 5) is 26.6. The van der Waals surface area contributed by atoms with Gasteiger partial charge in [-0.25, -0.2) is 8.42 Å². The minimum absolute atomic E-state index is 0.0113. The van der Waals surface area contributed by atoms with Crippen molar-refractivity contribution in [3.05, 3.63) is 42.5 Å². The van der Waals surface area contributed by atoms with Crippen LogP contribution >= 0.6 is 0 Å². The summed E-state index contributed by atoms with van der Waals surface area (Å²) in [5.74, 6) is -0.107. The topological polar surface area (TPSA) is 74.8 Å². The van der Waals surface area contributed by atoms with E-state index < -0.39 is 16.1 Å². The molecule has 0 saturated carbocycles. The zero-order chi connectivity index (χ0) is 21.2. The number of fused-ring (bicyclic) bond motifs is 1. The van der Waals surface area contributed by atoms with Crippen LogP contribution in [0.15, 0.2) is 47.4 Å². The lowest BCUT2D eigenvalue weighted by Gasteiger charge is -2.27. The van der Waals surface area contributed by atoms with E-state index in [1.54, 1.807) is 25.2 Å². The first-order valence-electron chi connectivity index (χ1n) is 9.97. The molecule has 0 radical (unpaired) electrons. The Bertz CT molecular complexity index is 1020. The molecule has 1 unspecified atom stereocenters. The zero-order valence-corrected chi connectivity index (χ0v) is 18.0. The fourth-order valence-corrected chi connectivity index (χ4v) is 5.54. The second kappa shape index (κ2) is 8.63. The SMILES string of the molecule is CC(C)CC(=O)CN(C)C(=O)C1CCCN1S(=O)(=O)c1ccc2ccccc2c1. The summed E-state index contributed by atoms with van der Waals surface area (Å²) in [6.45, 7) is 4.22. The molecule has 29 heavy (non-hydrogen) atoms. The number of rotatable bonds is 7. The van der Waals surface area contributed by atoms with E-state index in [4.69, 9.17) is 0 Å². The summed E-state index contributed by atoms with van der Waals surface area (Å²) >= 11 is 0. The first kappa shape index (κ1) is 21.5. The quantitative estimate of drug-likeness (QED) is 0.695. The number of hydrogen-bond acceptors (Lipinski definition) is 4. The number of nitrogens with zero attached hydrogens (tertiary/aromatic N) is 2. The van der Waals surface area contributed by atoms with E-state index in [1.807, 2.05) is 38.1 Å². The second-order valence-electron chi connectivity index (χ2n) is 8.11. The van der Waals surface area contributed by atoms with Gasteiger partial charge in [-0.2, -0.15) is 4.31 Å². The van der Waals surface area contributed by atoms with Gasteiger partial charge in [-0.05, 0) is 41.7 Å². The van der Waals surface area contributed by atoms with E-state index in [-0.39, 0.29) is 29.0 Å². The minimum atomic E-state index is -3.80. The van der Waals surface area contributed by atoms with Crippen LogP contribution in [0.4, 0.5) is 0 Å². The minimum Gasteiger partial charge on any atom is -0.337 e. The summed E-state index contributed by atoms with van der Waals surface area (Å²) in [6, 6.07) is 11.8. The number of carbonyl (C=O) groups is 2. The van der Waals surface area contributed by atoms with E-state index in [0.717, 1.165) is 10.8 Å². The van der Waals surface area contributed by atoms with Crippen molar-refractivity contribution in [2.75, 3.05) is 20.1 Å². The third-order valence-electron chi connectivity index (χ3n) is 5.24. The number of benzene rings is 2. The summed E-state index contributed by atoms with van der Waals surface area (Å²) < 4.78 is 27.8. The van der Waals surface area contributed by atoms with Crippen LogP contribution in [0, 0.1) is 5.92 Å². The van der Waals surface area contributed by atoms with Crippen LogP contribution in [0.5, 0.6) is 0 Å². The third kappa shape index (κ3) is 4.67. The molecule has 2 aromatic carbocycles. The number of sulfonamides is 1. The lowest BCUT2D eigenvalue weighted by atomic mass is 10.1.